The molecule has 12 heavy (non-hydrogen) atoms. The average Bonchev–Trinajstić information content (AvgIpc) is 2.05. The zero-order valence-corrected chi connectivity index (χ0v) is 9.74. The van der Waals surface area contributed by atoms with Crippen LogP contribution in [-0.4, -0.2) is 30.8 Å². The quantitative estimate of drug-likeness (QED) is 0.555. The van der Waals surface area contributed by atoms with Crippen molar-refractivity contribution in [1.29, 1.82) is 0 Å². The maximum absolute atomic E-state index is 12.6. The van der Waals surface area contributed by atoms with Gasteiger partial charge in [0.05, 0.1) is 11.5 Å². The van der Waals surface area contributed by atoms with Gasteiger partial charge in [-0.05, 0) is 0 Å². The van der Waals surface area contributed by atoms with Crippen LogP contribution in [0.2, 0.25) is 0 Å². The molecule has 0 radical (unpaired) electrons. The van der Waals surface area contributed by atoms with Gasteiger partial charge in [-0.15, -0.1) is 11.6 Å². The highest BCUT2D eigenvalue weighted by atomic mass is 79.9. The van der Waals surface area contributed by atoms with Gasteiger partial charge in [0.25, 0.3) is 0 Å². The Morgan fingerprint density at radius 2 is 2.33 bits per heavy atom. The van der Waals surface area contributed by atoms with Crippen molar-refractivity contribution in [3.05, 3.63) is 0 Å². The molecule has 0 aromatic carbocycles. The fourth-order valence-corrected chi connectivity index (χ4v) is 2.45. The second-order valence-corrected chi connectivity index (χ2v) is 5.15. The van der Waals surface area contributed by atoms with E-state index in [0.29, 0.717) is 0 Å². The van der Waals surface area contributed by atoms with Crippen molar-refractivity contribution in [3.8, 4) is 0 Å². The Labute approximate surface area is 84.2 Å². The number of halogens is 3. The number of rotatable bonds is 6. The fourth-order valence-electron chi connectivity index (χ4n) is 0.493. The molecule has 0 N–H and O–H groups in total. The van der Waals surface area contributed by atoms with Crippen molar-refractivity contribution < 1.29 is 18.0 Å². The minimum atomic E-state index is -3.31. The lowest BCUT2D eigenvalue weighted by Crippen LogP contribution is -2.09. The molecule has 0 fully saturated rings. The van der Waals surface area contributed by atoms with E-state index in [1.807, 2.05) is 0 Å². The first-order chi connectivity index (χ1) is 5.58. The van der Waals surface area contributed by atoms with Gasteiger partial charge in [0.15, 0.2) is 0 Å². The third-order valence-electron chi connectivity index (χ3n) is 1.03. The van der Waals surface area contributed by atoms with Crippen molar-refractivity contribution in [2.24, 2.45) is 0 Å². The second-order valence-electron chi connectivity index (χ2n) is 1.88. The summed E-state index contributed by atoms with van der Waals surface area (Å²) in [4.78, 5) is 0. The van der Waals surface area contributed by atoms with Crippen LogP contribution in [-0.2, 0) is 13.6 Å². The van der Waals surface area contributed by atoms with Crippen LogP contribution in [0.25, 0.3) is 0 Å². The lowest BCUT2D eigenvalue weighted by atomic mass is 10.8. The molecule has 0 saturated heterocycles. The standard InChI is InChI=1S/C5H10BrClFO3P/c1-10-12(9,3-2-7)11-5(8)4-6/h5H,2-4H2,1H3. The van der Waals surface area contributed by atoms with Crippen LogP contribution >= 0.6 is 35.1 Å². The van der Waals surface area contributed by atoms with Gasteiger partial charge in [-0.2, -0.15) is 0 Å². The van der Waals surface area contributed by atoms with Crippen LogP contribution < -0.4 is 0 Å². The summed E-state index contributed by atoms with van der Waals surface area (Å²) in [5.41, 5.74) is 0. The molecule has 0 heterocycles. The molecule has 0 aliphatic heterocycles. The van der Waals surface area contributed by atoms with Gasteiger partial charge < -0.3 is 4.52 Å². The van der Waals surface area contributed by atoms with E-state index in [-0.39, 0.29) is 17.4 Å². The summed E-state index contributed by atoms with van der Waals surface area (Å²) in [5, 5.41) is -0.0391. The summed E-state index contributed by atoms with van der Waals surface area (Å²) in [6, 6.07) is 0. The van der Waals surface area contributed by atoms with Crippen LogP contribution in [0.15, 0.2) is 0 Å². The van der Waals surface area contributed by atoms with Gasteiger partial charge >= 0.3 is 7.60 Å². The molecule has 0 aromatic rings. The first kappa shape index (κ1) is 12.8. The molecule has 2 atom stereocenters. The Balaban J connectivity index is 4.04. The molecule has 0 bridgehead atoms. The number of hydrogen-bond donors (Lipinski definition) is 0. The fraction of sp³-hybridized carbons (Fsp3) is 1.00. The van der Waals surface area contributed by atoms with E-state index in [2.05, 4.69) is 25.0 Å². The van der Waals surface area contributed by atoms with Crippen molar-refractivity contribution in [2.45, 2.75) is 6.36 Å². The Morgan fingerprint density at radius 3 is 2.67 bits per heavy atom. The molecular formula is C5H10BrClFO3P. The van der Waals surface area contributed by atoms with Gasteiger partial charge in [0, 0.05) is 13.0 Å². The average molecular weight is 283 g/mol. The van der Waals surface area contributed by atoms with Crippen molar-refractivity contribution in [1.82, 2.24) is 0 Å². The Bertz CT molecular complexity index is 171. The van der Waals surface area contributed by atoms with Gasteiger partial charge in [0.1, 0.15) is 0 Å². The second kappa shape index (κ2) is 6.33. The van der Waals surface area contributed by atoms with Crippen molar-refractivity contribution >= 4 is 35.1 Å². The normalized spacial score (nSPS) is 18.7. The van der Waals surface area contributed by atoms with Crippen LogP contribution in [0.1, 0.15) is 0 Å². The molecule has 2 unspecified atom stereocenters. The molecule has 0 rings (SSSR count). The van der Waals surface area contributed by atoms with Gasteiger partial charge in [0.2, 0.25) is 6.36 Å². The number of alkyl halides is 3. The summed E-state index contributed by atoms with van der Waals surface area (Å²) in [6.45, 7) is 0. The topological polar surface area (TPSA) is 35.5 Å². The predicted octanol–water partition coefficient (Wildman–Crippen LogP) is 2.77. The SMILES string of the molecule is COP(=O)(CCCl)OC(F)CBr. The smallest absolute Gasteiger partial charge is 0.312 e. The minimum absolute atomic E-state index is 0.0124. The Hall–Kier alpha value is 0.850. The number of hydrogen-bond acceptors (Lipinski definition) is 3. The molecule has 0 aromatic heterocycles. The first-order valence-corrected chi connectivity index (χ1v) is 6.55. The molecule has 7 heteroatoms. The van der Waals surface area contributed by atoms with Crippen molar-refractivity contribution in [2.75, 3.05) is 24.5 Å². The van der Waals surface area contributed by atoms with Gasteiger partial charge in [-0.25, -0.2) is 4.39 Å². The summed E-state index contributed by atoms with van der Waals surface area (Å²) in [5.74, 6) is 0.111. The molecule has 74 valence electrons. The van der Waals surface area contributed by atoms with E-state index >= 15 is 0 Å². The van der Waals surface area contributed by atoms with Crippen molar-refractivity contribution in [3.63, 3.8) is 0 Å². The summed E-state index contributed by atoms with van der Waals surface area (Å²) in [6.07, 6.45) is -1.61. The Morgan fingerprint density at radius 1 is 1.75 bits per heavy atom. The van der Waals surface area contributed by atoms with Crippen LogP contribution in [0.3, 0.4) is 0 Å². The summed E-state index contributed by atoms with van der Waals surface area (Å²) < 4.78 is 33.0. The van der Waals surface area contributed by atoms with E-state index < -0.39 is 14.0 Å². The maximum Gasteiger partial charge on any atom is 0.334 e. The zero-order valence-electron chi connectivity index (χ0n) is 6.50. The lowest BCUT2D eigenvalue weighted by molar-refractivity contribution is 0.0730. The molecule has 0 aliphatic carbocycles. The highest BCUT2D eigenvalue weighted by Gasteiger charge is 2.26. The first-order valence-electron chi connectivity index (χ1n) is 3.17. The van der Waals surface area contributed by atoms with Crippen LogP contribution in [0, 0.1) is 0 Å². The molecule has 0 aliphatic rings. The van der Waals surface area contributed by atoms with Gasteiger partial charge in [-0.1, -0.05) is 15.9 Å². The van der Waals surface area contributed by atoms with Crippen LogP contribution in [0.4, 0.5) is 4.39 Å². The highest BCUT2D eigenvalue weighted by molar-refractivity contribution is 9.09. The van der Waals surface area contributed by atoms with Crippen LogP contribution in [0.5, 0.6) is 0 Å². The van der Waals surface area contributed by atoms with Gasteiger partial charge in [-0.3, -0.25) is 9.09 Å². The van der Waals surface area contributed by atoms with E-state index in [1.54, 1.807) is 0 Å². The summed E-state index contributed by atoms with van der Waals surface area (Å²) in [7, 11) is -2.11. The van der Waals surface area contributed by atoms with E-state index in [0.717, 1.165) is 0 Å². The highest BCUT2D eigenvalue weighted by Crippen LogP contribution is 2.48. The molecule has 0 amide bonds. The van der Waals surface area contributed by atoms with E-state index in [1.165, 1.54) is 7.11 Å². The minimum Gasteiger partial charge on any atom is -0.312 e. The lowest BCUT2D eigenvalue weighted by Gasteiger charge is -2.16. The maximum atomic E-state index is 12.6. The third kappa shape index (κ3) is 4.77. The zero-order chi connectivity index (χ0) is 9.61. The van der Waals surface area contributed by atoms with E-state index in [4.69, 9.17) is 11.6 Å². The largest absolute Gasteiger partial charge is 0.334 e. The molecule has 0 spiro atoms. The summed E-state index contributed by atoms with van der Waals surface area (Å²) >= 11 is 8.16. The monoisotopic (exact) mass is 282 g/mol. The van der Waals surface area contributed by atoms with E-state index in [9.17, 15) is 8.96 Å². The predicted molar refractivity (Wildman–Crippen MR) is 50.0 cm³/mol. The molecule has 0 saturated carbocycles. The third-order valence-corrected chi connectivity index (χ3v) is 3.87. The molecule has 3 nitrogen and oxygen atoms in total. The molecular weight excluding hydrogens is 273 g/mol. The Kier molecular flexibility index (Phi) is 6.77.